The van der Waals surface area contributed by atoms with E-state index in [2.05, 4.69) is 30.6 Å². The van der Waals surface area contributed by atoms with Crippen molar-refractivity contribution in [2.24, 2.45) is 5.92 Å². The molecule has 1 N–H and O–H groups in total. The minimum absolute atomic E-state index is 0.0130. The number of nitrogens with one attached hydrogen (secondary N) is 1. The first-order valence-electron chi connectivity index (χ1n) is 6.59. The van der Waals surface area contributed by atoms with E-state index in [0.717, 1.165) is 19.5 Å². The molecule has 1 amide bonds. The van der Waals surface area contributed by atoms with Crippen LogP contribution in [0.2, 0.25) is 0 Å². The zero-order valence-electron chi connectivity index (χ0n) is 11.4. The smallest absolute Gasteiger partial charge is 0.239 e. The largest absolute Gasteiger partial charge is 0.339 e. The topological polar surface area (TPSA) is 32.3 Å². The van der Waals surface area contributed by atoms with Crippen LogP contribution < -0.4 is 5.32 Å². The van der Waals surface area contributed by atoms with Gasteiger partial charge in [0.1, 0.15) is 0 Å². The van der Waals surface area contributed by atoms with Crippen LogP contribution in [0.4, 0.5) is 0 Å². The van der Waals surface area contributed by atoms with Crippen LogP contribution in [0.3, 0.4) is 0 Å². The highest BCUT2D eigenvalue weighted by molar-refractivity contribution is 7.10. The Hall–Kier alpha value is -0.870. The molecule has 100 valence electrons. The number of thiophene rings is 1. The molecule has 1 aromatic heterocycles. The summed E-state index contributed by atoms with van der Waals surface area (Å²) in [6, 6.07) is 2.12. The van der Waals surface area contributed by atoms with E-state index in [0.29, 0.717) is 5.92 Å². The number of piperidine rings is 1. The number of hydrogen-bond donors (Lipinski definition) is 1. The first-order valence-corrected chi connectivity index (χ1v) is 7.47. The first-order chi connectivity index (χ1) is 8.58. The number of carbonyl (C=O) groups excluding carboxylic acids is 1. The number of rotatable bonds is 3. The highest BCUT2D eigenvalue weighted by Crippen LogP contribution is 2.20. The SMILES string of the molecule is Cc1ccsc1CN(C)C(=O)C1CC(C)CCN1. The van der Waals surface area contributed by atoms with Crippen LogP contribution in [-0.4, -0.2) is 30.4 Å². The van der Waals surface area contributed by atoms with Crippen molar-refractivity contribution in [1.82, 2.24) is 10.2 Å². The number of amides is 1. The van der Waals surface area contributed by atoms with Gasteiger partial charge in [0.25, 0.3) is 0 Å². The van der Waals surface area contributed by atoms with Gasteiger partial charge in [-0.25, -0.2) is 0 Å². The van der Waals surface area contributed by atoms with Crippen molar-refractivity contribution in [2.75, 3.05) is 13.6 Å². The van der Waals surface area contributed by atoms with Crippen LogP contribution in [0.25, 0.3) is 0 Å². The molecule has 2 heterocycles. The number of likely N-dealkylation sites (N-methyl/N-ethyl adjacent to an activating group) is 1. The summed E-state index contributed by atoms with van der Waals surface area (Å²) in [5.41, 5.74) is 1.28. The van der Waals surface area contributed by atoms with Gasteiger partial charge in [0.2, 0.25) is 5.91 Å². The molecule has 0 saturated carbocycles. The summed E-state index contributed by atoms with van der Waals surface area (Å²) >= 11 is 1.73. The Morgan fingerprint density at radius 2 is 2.39 bits per heavy atom. The molecule has 3 nitrogen and oxygen atoms in total. The molecule has 2 unspecified atom stereocenters. The third-order valence-electron chi connectivity index (χ3n) is 3.69. The third-order valence-corrected chi connectivity index (χ3v) is 4.70. The minimum atomic E-state index is 0.0130. The Kier molecular flexibility index (Phi) is 4.40. The second-order valence-corrected chi connectivity index (χ2v) is 6.36. The van der Waals surface area contributed by atoms with E-state index in [1.54, 1.807) is 11.3 Å². The normalized spacial score (nSPS) is 23.9. The molecule has 1 aromatic rings. The molecular formula is C14H22N2OS. The Labute approximate surface area is 113 Å². The second kappa shape index (κ2) is 5.85. The highest BCUT2D eigenvalue weighted by atomic mass is 32.1. The maximum absolute atomic E-state index is 12.3. The molecule has 0 spiro atoms. The molecular weight excluding hydrogens is 244 g/mol. The molecule has 0 bridgehead atoms. The summed E-state index contributed by atoms with van der Waals surface area (Å²) in [6.45, 7) is 6.02. The fourth-order valence-electron chi connectivity index (χ4n) is 2.42. The van der Waals surface area contributed by atoms with Gasteiger partial charge in [-0.05, 0) is 49.2 Å². The van der Waals surface area contributed by atoms with Gasteiger partial charge in [-0.3, -0.25) is 4.79 Å². The molecule has 0 aromatic carbocycles. The van der Waals surface area contributed by atoms with E-state index in [9.17, 15) is 4.79 Å². The van der Waals surface area contributed by atoms with Gasteiger partial charge in [-0.2, -0.15) is 0 Å². The summed E-state index contributed by atoms with van der Waals surface area (Å²) < 4.78 is 0. The molecule has 18 heavy (non-hydrogen) atoms. The summed E-state index contributed by atoms with van der Waals surface area (Å²) in [5, 5.41) is 5.42. The number of nitrogens with zero attached hydrogens (tertiary/aromatic N) is 1. The molecule has 2 rings (SSSR count). The van der Waals surface area contributed by atoms with Crippen molar-refractivity contribution in [3.8, 4) is 0 Å². The zero-order chi connectivity index (χ0) is 13.1. The molecule has 0 radical (unpaired) electrons. The van der Waals surface area contributed by atoms with Gasteiger partial charge in [0, 0.05) is 11.9 Å². The van der Waals surface area contributed by atoms with Crippen LogP contribution >= 0.6 is 11.3 Å². The summed E-state index contributed by atoms with van der Waals surface area (Å²) in [4.78, 5) is 15.5. The Bertz CT molecular complexity index is 416. The molecule has 1 aliphatic rings. The Morgan fingerprint density at radius 1 is 1.61 bits per heavy atom. The molecule has 1 aliphatic heterocycles. The van der Waals surface area contributed by atoms with Crippen molar-refractivity contribution in [3.05, 3.63) is 21.9 Å². The maximum Gasteiger partial charge on any atom is 0.239 e. The van der Waals surface area contributed by atoms with Crippen LogP contribution in [0.5, 0.6) is 0 Å². The third kappa shape index (κ3) is 3.12. The van der Waals surface area contributed by atoms with Crippen molar-refractivity contribution < 1.29 is 4.79 Å². The van der Waals surface area contributed by atoms with Crippen molar-refractivity contribution in [2.45, 2.75) is 39.3 Å². The summed E-state index contributed by atoms with van der Waals surface area (Å²) in [7, 11) is 1.91. The van der Waals surface area contributed by atoms with E-state index < -0.39 is 0 Å². The van der Waals surface area contributed by atoms with Crippen LogP contribution in [0, 0.1) is 12.8 Å². The van der Waals surface area contributed by atoms with E-state index in [1.807, 2.05) is 11.9 Å². The van der Waals surface area contributed by atoms with Crippen molar-refractivity contribution in [3.63, 3.8) is 0 Å². The van der Waals surface area contributed by atoms with Crippen LogP contribution in [-0.2, 0) is 11.3 Å². The molecule has 1 saturated heterocycles. The molecule has 1 fully saturated rings. The van der Waals surface area contributed by atoms with E-state index >= 15 is 0 Å². The predicted molar refractivity (Wildman–Crippen MR) is 75.7 cm³/mol. The second-order valence-electron chi connectivity index (χ2n) is 5.36. The van der Waals surface area contributed by atoms with Crippen molar-refractivity contribution in [1.29, 1.82) is 0 Å². The van der Waals surface area contributed by atoms with Gasteiger partial charge in [-0.1, -0.05) is 6.92 Å². The molecule has 4 heteroatoms. The standard InChI is InChI=1S/C14H22N2OS/c1-10-4-6-15-12(8-10)14(17)16(3)9-13-11(2)5-7-18-13/h5,7,10,12,15H,4,6,8-9H2,1-3H3. The fraction of sp³-hybridized carbons (Fsp3) is 0.643. The van der Waals surface area contributed by atoms with Crippen LogP contribution in [0.1, 0.15) is 30.2 Å². The first kappa shape index (κ1) is 13.6. The summed E-state index contributed by atoms with van der Waals surface area (Å²) in [6.07, 6.45) is 2.14. The predicted octanol–water partition coefficient (Wildman–Crippen LogP) is 2.40. The van der Waals surface area contributed by atoms with Gasteiger partial charge < -0.3 is 10.2 Å². The molecule has 2 atom stereocenters. The number of aryl methyl sites for hydroxylation is 1. The minimum Gasteiger partial charge on any atom is -0.339 e. The van der Waals surface area contributed by atoms with Crippen molar-refractivity contribution >= 4 is 17.2 Å². The lowest BCUT2D eigenvalue weighted by atomic mass is 9.93. The summed E-state index contributed by atoms with van der Waals surface area (Å²) in [5.74, 6) is 0.881. The quantitative estimate of drug-likeness (QED) is 0.911. The average Bonchev–Trinajstić information content (AvgIpc) is 2.74. The monoisotopic (exact) mass is 266 g/mol. The lowest BCUT2D eigenvalue weighted by Gasteiger charge is -2.30. The average molecular weight is 266 g/mol. The van der Waals surface area contributed by atoms with Gasteiger partial charge in [0.15, 0.2) is 0 Å². The zero-order valence-corrected chi connectivity index (χ0v) is 12.2. The number of carbonyl (C=O) groups is 1. The fourth-order valence-corrected chi connectivity index (χ4v) is 3.38. The van der Waals surface area contributed by atoms with E-state index in [4.69, 9.17) is 0 Å². The number of hydrogen-bond acceptors (Lipinski definition) is 3. The highest BCUT2D eigenvalue weighted by Gasteiger charge is 2.27. The van der Waals surface area contributed by atoms with Gasteiger partial charge >= 0.3 is 0 Å². The Balaban J connectivity index is 1.94. The maximum atomic E-state index is 12.3. The Morgan fingerprint density at radius 3 is 3.00 bits per heavy atom. The van der Waals surface area contributed by atoms with E-state index in [1.165, 1.54) is 16.9 Å². The van der Waals surface area contributed by atoms with Crippen LogP contribution in [0.15, 0.2) is 11.4 Å². The van der Waals surface area contributed by atoms with E-state index in [-0.39, 0.29) is 11.9 Å². The molecule has 0 aliphatic carbocycles. The van der Waals surface area contributed by atoms with Gasteiger partial charge in [0.05, 0.1) is 12.6 Å². The lowest BCUT2D eigenvalue weighted by molar-refractivity contribution is -0.133. The lowest BCUT2D eigenvalue weighted by Crippen LogP contribution is -2.48. The van der Waals surface area contributed by atoms with Gasteiger partial charge in [-0.15, -0.1) is 11.3 Å².